The second-order valence-corrected chi connectivity index (χ2v) is 5.61. The quantitative estimate of drug-likeness (QED) is 0.737. The molecule has 0 aliphatic carbocycles. The van der Waals surface area contributed by atoms with Crippen LogP contribution in [0.15, 0.2) is 43.0 Å². The van der Waals surface area contributed by atoms with E-state index >= 15 is 0 Å². The van der Waals surface area contributed by atoms with Crippen molar-refractivity contribution in [3.05, 3.63) is 43.0 Å². The minimum absolute atomic E-state index is 0.586. The fourth-order valence-electron chi connectivity index (χ4n) is 2.46. The van der Waals surface area contributed by atoms with Crippen molar-refractivity contribution >= 4 is 16.9 Å². The predicted octanol–water partition coefficient (Wildman–Crippen LogP) is 2.91. The molecule has 3 aromatic rings. The molecule has 0 N–H and O–H groups in total. The van der Waals surface area contributed by atoms with Crippen molar-refractivity contribution < 1.29 is 0 Å². The number of imidazole rings is 1. The third-order valence-electron chi connectivity index (χ3n) is 3.37. The number of benzene rings is 1. The first-order valence-corrected chi connectivity index (χ1v) is 7.11. The molecule has 0 fully saturated rings. The average molecular weight is 281 g/mol. The summed E-state index contributed by atoms with van der Waals surface area (Å²) in [6, 6.07) is 10.0. The van der Waals surface area contributed by atoms with E-state index in [1.165, 1.54) is 0 Å². The Labute approximate surface area is 124 Å². The van der Waals surface area contributed by atoms with Crippen LogP contribution in [0.2, 0.25) is 0 Å². The van der Waals surface area contributed by atoms with Crippen LogP contribution in [0.5, 0.6) is 0 Å². The Morgan fingerprint density at radius 3 is 2.76 bits per heavy atom. The molecule has 2 aromatic heterocycles. The maximum atomic E-state index is 4.41. The SMILES string of the molecule is CC(C)CN(C)c1cc(-n2cnc3ccccc32)ncn1. The molecule has 5 heteroatoms. The Balaban J connectivity index is 2.00. The van der Waals surface area contributed by atoms with Crippen molar-refractivity contribution in [2.75, 3.05) is 18.5 Å². The lowest BCUT2D eigenvalue weighted by Gasteiger charge is -2.20. The molecule has 0 aliphatic rings. The van der Waals surface area contributed by atoms with E-state index in [0.717, 1.165) is 29.2 Å². The lowest BCUT2D eigenvalue weighted by atomic mass is 10.2. The maximum absolute atomic E-state index is 4.41. The second kappa shape index (κ2) is 5.52. The molecule has 2 heterocycles. The average Bonchev–Trinajstić information content (AvgIpc) is 2.90. The summed E-state index contributed by atoms with van der Waals surface area (Å²) in [5.74, 6) is 2.35. The van der Waals surface area contributed by atoms with Gasteiger partial charge in [-0.05, 0) is 18.1 Å². The number of para-hydroxylation sites is 2. The van der Waals surface area contributed by atoms with Gasteiger partial charge < -0.3 is 4.90 Å². The molecular weight excluding hydrogens is 262 g/mol. The van der Waals surface area contributed by atoms with Crippen molar-refractivity contribution in [2.45, 2.75) is 13.8 Å². The van der Waals surface area contributed by atoms with E-state index in [1.807, 2.05) is 34.9 Å². The number of nitrogens with zero attached hydrogens (tertiary/aromatic N) is 5. The van der Waals surface area contributed by atoms with Gasteiger partial charge in [-0.15, -0.1) is 0 Å². The highest BCUT2D eigenvalue weighted by atomic mass is 15.2. The second-order valence-electron chi connectivity index (χ2n) is 5.61. The molecule has 0 saturated heterocycles. The summed E-state index contributed by atoms with van der Waals surface area (Å²) in [7, 11) is 2.05. The molecule has 3 rings (SSSR count). The number of fused-ring (bicyclic) bond motifs is 1. The van der Waals surface area contributed by atoms with Crippen LogP contribution in [0.1, 0.15) is 13.8 Å². The van der Waals surface area contributed by atoms with Gasteiger partial charge in [-0.3, -0.25) is 4.57 Å². The molecule has 0 aliphatic heterocycles. The zero-order chi connectivity index (χ0) is 14.8. The third-order valence-corrected chi connectivity index (χ3v) is 3.37. The van der Waals surface area contributed by atoms with Crippen LogP contribution < -0.4 is 4.90 Å². The van der Waals surface area contributed by atoms with E-state index in [2.05, 4.69) is 40.7 Å². The molecule has 5 nitrogen and oxygen atoms in total. The Morgan fingerprint density at radius 2 is 1.95 bits per heavy atom. The van der Waals surface area contributed by atoms with Crippen LogP contribution in [-0.4, -0.2) is 33.1 Å². The normalized spacial score (nSPS) is 11.2. The van der Waals surface area contributed by atoms with Crippen molar-refractivity contribution in [1.82, 2.24) is 19.5 Å². The summed E-state index contributed by atoms with van der Waals surface area (Å²) in [6.07, 6.45) is 3.41. The van der Waals surface area contributed by atoms with Gasteiger partial charge in [-0.25, -0.2) is 15.0 Å². The van der Waals surface area contributed by atoms with Gasteiger partial charge in [0, 0.05) is 19.7 Å². The van der Waals surface area contributed by atoms with E-state index in [-0.39, 0.29) is 0 Å². The highest BCUT2D eigenvalue weighted by Crippen LogP contribution is 2.19. The smallest absolute Gasteiger partial charge is 0.143 e. The van der Waals surface area contributed by atoms with Crippen LogP contribution >= 0.6 is 0 Å². The lowest BCUT2D eigenvalue weighted by Crippen LogP contribution is -2.23. The summed E-state index contributed by atoms with van der Waals surface area (Å²) in [4.78, 5) is 15.3. The van der Waals surface area contributed by atoms with Gasteiger partial charge in [0.15, 0.2) is 0 Å². The van der Waals surface area contributed by atoms with E-state index in [4.69, 9.17) is 0 Å². The Hall–Kier alpha value is -2.43. The van der Waals surface area contributed by atoms with Crippen LogP contribution in [-0.2, 0) is 0 Å². The molecule has 0 bridgehead atoms. The summed E-state index contributed by atoms with van der Waals surface area (Å²) in [5, 5.41) is 0. The van der Waals surface area contributed by atoms with E-state index in [1.54, 1.807) is 12.7 Å². The van der Waals surface area contributed by atoms with Gasteiger partial charge in [0.25, 0.3) is 0 Å². The summed E-state index contributed by atoms with van der Waals surface area (Å²) in [5.41, 5.74) is 2.02. The van der Waals surface area contributed by atoms with E-state index in [9.17, 15) is 0 Å². The maximum Gasteiger partial charge on any atom is 0.143 e. The van der Waals surface area contributed by atoms with Crippen LogP contribution in [0, 0.1) is 5.92 Å². The fourth-order valence-corrected chi connectivity index (χ4v) is 2.46. The fraction of sp³-hybridized carbons (Fsp3) is 0.312. The lowest BCUT2D eigenvalue weighted by molar-refractivity contribution is 0.634. The first kappa shape index (κ1) is 13.5. The molecule has 0 unspecified atom stereocenters. The summed E-state index contributed by atoms with van der Waals surface area (Å²) in [6.45, 7) is 5.35. The predicted molar refractivity (Wildman–Crippen MR) is 84.8 cm³/mol. The Morgan fingerprint density at radius 1 is 1.14 bits per heavy atom. The number of rotatable bonds is 4. The van der Waals surface area contributed by atoms with Crippen molar-refractivity contribution in [2.24, 2.45) is 5.92 Å². The van der Waals surface area contributed by atoms with Gasteiger partial charge >= 0.3 is 0 Å². The number of hydrogen-bond donors (Lipinski definition) is 0. The van der Waals surface area contributed by atoms with Crippen LogP contribution in [0.3, 0.4) is 0 Å². The molecule has 0 spiro atoms. The molecular formula is C16H19N5. The Kier molecular flexibility index (Phi) is 3.56. The van der Waals surface area contributed by atoms with E-state index < -0.39 is 0 Å². The number of aromatic nitrogens is 4. The topological polar surface area (TPSA) is 46.8 Å². The largest absolute Gasteiger partial charge is 0.359 e. The van der Waals surface area contributed by atoms with Crippen molar-refractivity contribution in [1.29, 1.82) is 0 Å². The molecule has 21 heavy (non-hydrogen) atoms. The van der Waals surface area contributed by atoms with Crippen molar-refractivity contribution in [3.63, 3.8) is 0 Å². The summed E-state index contributed by atoms with van der Waals surface area (Å²) >= 11 is 0. The third kappa shape index (κ3) is 2.72. The van der Waals surface area contributed by atoms with E-state index in [0.29, 0.717) is 5.92 Å². The molecule has 108 valence electrons. The van der Waals surface area contributed by atoms with Crippen LogP contribution in [0.4, 0.5) is 5.82 Å². The summed E-state index contributed by atoms with van der Waals surface area (Å²) < 4.78 is 1.99. The highest BCUT2D eigenvalue weighted by molar-refractivity contribution is 5.76. The zero-order valence-electron chi connectivity index (χ0n) is 12.6. The molecule has 0 atom stereocenters. The minimum atomic E-state index is 0.586. The molecule has 0 amide bonds. The zero-order valence-corrected chi connectivity index (χ0v) is 12.6. The van der Waals surface area contributed by atoms with Crippen LogP contribution in [0.25, 0.3) is 16.9 Å². The number of hydrogen-bond acceptors (Lipinski definition) is 4. The molecule has 1 aromatic carbocycles. The molecule has 0 radical (unpaired) electrons. The van der Waals surface area contributed by atoms with Crippen molar-refractivity contribution in [3.8, 4) is 5.82 Å². The molecule has 0 saturated carbocycles. The van der Waals surface area contributed by atoms with Gasteiger partial charge in [0.1, 0.15) is 24.3 Å². The highest BCUT2D eigenvalue weighted by Gasteiger charge is 2.09. The van der Waals surface area contributed by atoms with Gasteiger partial charge in [-0.2, -0.15) is 0 Å². The Bertz CT molecular complexity index is 747. The number of anilines is 1. The monoisotopic (exact) mass is 281 g/mol. The minimum Gasteiger partial charge on any atom is -0.359 e. The van der Waals surface area contributed by atoms with Gasteiger partial charge in [-0.1, -0.05) is 26.0 Å². The first-order chi connectivity index (χ1) is 10.1. The van der Waals surface area contributed by atoms with Gasteiger partial charge in [0.05, 0.1) is 11.0 Å². The van der Waals surface area contributed by atoms with Gasteiger partial charge in [0.2, 0.25) is 0 Å². The first-order valence-electron chi connectivity index (χ1n) is 7.11. The standard InChI is InChI=1S/C16H19N5/c1-12(2)9-20(3)15-8-16(18-10-17-15)21-11-19-13-6-4-5-7-14(13)21/h4-8,10-12H,9H2,1-3H3.